The Morgan fingerprint density at radius 2 is 2.31 bits per heavy atom. The summed E-state index contributed by atoms with van der Waals surface area (Å²) >= 11 is 0. The first-order valence-electron chi connectivity index (χ1n) is 5.53. The van der Waals surface area contributed by atoms with E-state index in [-0.39, 0.29) is 6.04 Å². The lowest BCUT2D eigenvalue weighted by molar-refractivity contribution is 0.366. The molecule has 1 saturated carbocycles. The monoisotopic (exact) mass is 224 g/mol. The number of rotatable bonds is 4. The van der Waals surface area contributed by atoms with Crippen LogP contribution in [0.4, 0.5) is 0 Å². The molecule has 1 aliphatic carbocycles. The number of hydrazine groups is 1. The van der Waals surface area contributed by atoms with Crippen molar-refractivity contribution in [3.63, 3.8) is 0 Å². The first-order chi connectivity index (χ1) is 7.51. The molecular formula is C11H20N4O. The van der Waals surface area contributed by atoms with E-state index in [9.17, 15) is 0 Å². The Bertz CT molecular complexity index is 385. The van der Waals surface area contributed by atoms with Crippen molar-refractivity contribution in [1.82, 2.24) is 15.2 Å². The van der Waals surface area contributed by atoms with Crippen molar-refractivity contribution in [3.8, 4) is 5.75 Å². The molecule has 5 heteroatoms. The number of ether oxygens (including phenoxy) is 1. The van der Waals surface area contributed by atoms with E-state index in [2.05, 4.69) is 24.4 Å². The van der Waals surface area contributed by atoms with Crippen LogP contribution in [-0.2, 0) is 7.05 Å². The Labute approximate surface area is 95.9 Å². The van der Waals surface area contributed by atoms with Crippen LogP contribution in [0.5, 0.6) is 5.75 Å². The first kappa shape index (κ1) is 11.4. The molecule has 0 aliphatic heterocycles. The van der Waals surface area contributed by atoms with Crippen LogP contribution in [0.25, 0.3) is 0 Å². The van der Waals surface area contributed by atoms with Crippen molar-refractivity contribution in [3.05, 3.63) is 11.9 Å². The molecule has 16 heavy (non-hydrogen) atoms. The highest BCUT2D eigenvalue weighted by molar-refractivity contribution is 5.30. The summed E-state index contributed by atoms with van der Waals surface area (Å²) in [6.45, 7) is 4.51. The summed E-state index contributed by atoms with van der Waals surface area (Å²) in [6, 6.07) is 0.109. The van der Waals surface area contributed by atoms with Gasteiger partial charge >= 0.3 is 0 Å². The predicted molar refractivity (Wildman–Crippen MR) is 61.7 cm³/mol. The normalized spacial score (nSPS) is 24.2. The zero-order chi connectivity index (χ0) is 11.9. The molecule has 0 aromatic carbocycles. The second-order valence-electron chi connectivity index (χ2n) is 5.17. The van der Waals surface area contributed by atoms with Gasteiger partial charge in [0.05, 0.1) is 25.0 Å². The predicted octanol–water partition coefficient (Wildman–Crippen LogP) is 0.979. The SMILES string of the molecule is COc1cnn(C)c1C(NN)C1CC1(C)C. The zero-order valence-electron chi connectivity index (χ0n) is 10.3. The lowest BCUT2D eigenvalue weighted by Crippen LogP contribution is -2.32. The molecule has 1 aromatic heterocycles. The van der Waals surface area contributed by atoms with Gasteiger partial charge in [0.25, 0.3) is 0 Å². The van der Waals surface area contributed by atoms with Gasteiger partial charge in [-0.25, -0.2) is 0 Å². The molecule has 0 bridgehead atoms. The molecule has 1 heterocycles. The Balaban J connectivity index is 2.30. The molecule has 0 saturated heterocycles. The van der Waals surface area contributed by atoms with Gasteiger partial charge in [-0.3, -0.25) is 16.0 Å². The number of aromatic nitrogens is 2. The minimum absolute atomic E-state index is 0.109. The van der Waals surface area contributed by atoms with Crippen molar-refractivity contribution >= 4 is 0 Å². The molecule has 1 fully saturated rings. The Kier molecular flexibility index (Phi) is 2.67. The topological polar surface area (TPSA) is 65.1 Å². The number of nitrogens with two attached hydrogens (primary N) is 1. The van der Waals surface area contributed by atoms with Gasteiger partial charge in [-0.1, -0.05) is 13.8 Å². The van der Waals surface area contributed by atoms with Crippen LogP contribution >= 0.6 is 0 Å². The van der Waals surface area contributed by atoms with Crippen LogP contribution in [-0.4, -0.2) is 16.9 Å². The van der Waals surface area contributed by atoms with E-state index in [0.29, 0.717) is 11.3 Å². The summed E-state index contributed by atoms with van der Waals surface area (Å²) in [7, 11) is 3.57. The fraction of sp³-hybridized carbons (Fsp3) is 0.727. The molecule has 90 valence electrons. The summed E-state index contributed by atoms with van der Waals surface area (Å²) in [5.41, 5.74) is 4.28. The Hall–Kier alpha value is -1.07. The number of aryl methyl sites for hydroxylation is 1. The highest BCUT2D eigenvalue weighted by Gasteiger charge is 2.51. The molecule has 0 amide bonds. The number of hydrogen-bond donors (Lipinski definition) is 2. The van der Waals surface area contributed by atoms with Crippen molar-refractivity contribution in [2.45, 2.75) is 26.3 Å². The molecule has 0 radical (unpaired) electrons. The minimum Gasteiger partial charge on any atom is -0.493 e. The summed E-state index contributed by atoms with van der Waals surface area (Å²) in [6.07, 6.45) is 2.91. The molecule has 5 nitrogen and oxygen atoms in total. The van der Waals surface area contributed by atoms with Crippen LogP contribution in [0, 0.1) is 11.3 Å². The standard InChI is InChI=1S/C11H20N4O/c1-11(2)5-7(11)9(14-12)10-8(16-4)6-13-15(10)3/h6-7,9,14H,5,12H2,1-4H3. The highest BCUT2D eigenvalue weighted by Crippen LogP contribution is 2.58. The maximum Gasteiger partial charge on any atom is 0.161 e. The van der Waals surface area contributed by atoms with E-state index in [4.69, 9.17) is 10.6 Å². The molecule has 2 unspecified atom stereocenters. The van der Waals surface area contributed by atoms with E-state index in [1.807, 2.05) is 11.7 Å². The average molecular weight is 224 g/mol. The van der Waals surface area contributed by atoms with Gasteiger partial charge in [-0.05, 0) is 17.8 Å². The van der Waals surface area contributed by atoms with Gasteiger partial charge in [0, 0.05) is 7.05 Å². The van der Waals surface area contributed by atoms with Crippen LogP contribution in [0.3, 0.4) is 0 Å². The van der Waals surface area contributed by atoms with Crippen molar-refractivity contribution in [2.24, 2.45) is 24.2 Å². The van der Waals surface area contributed by atoms with Gasteiger partial charge in [0.1, 0.15) is 0 Å². The van der Waals surface area contributed by atoms with Crippen LogP contribution in [0.15, 0.2) is 6.20 Å². The van der Waals surface area contributed by atoms with Gasteiger partial charge in [-0.15, -0.1) is 0 Å². The van der Waals surface area contributed by atoms with E-state index in [1.54, 1.807) is 13.3 Å². The van der Waals surface area contributed by atoms with Crippen LogP contribution in [0.1, 0.15) is 32.0 Å². The van der Waals surface area contributed by atoms with Gasteiger partial charge < -0.3 is 4.74 Å². The quantitative estimate of drug-likeness (QED) is 0.591. The van der Waals surface area contributed by atoms with E-state index in [1.165, 1.54) is 6.42 Å². The number of nitrogens with one attached hydrogen (secondary N) is 1. The average Bonchev–Trinajstić information content (AvgIpc) is 2.69. The summed E-state index contributed by atoms with van der Waals surface area (Å²) < 4.78 is 7.15. The first-order valence-corrected chi connectivity index (χ1v) is 5.53. The van der Waals surface area contributed by atoms with Crippen LogP contribution in [0.2, 0.25) is 0 Å². The fourth-order valence-corrected chi connectivity index (χ4v) is 2.40. The lowest BCUT2D eigenvalue weighted by atomic mass is 10.0. The summed E-state index contributed by atoms with van der Waals surface area (Å²) in [5.74, 6) is 7.01. The third kappa shape index (κ3) is 1.70. The van der Waals surface area contributed by atoms with E-state index >= 15 is 0 Å². The fourth-order valence-electron chi connectivity index (χ4n) is 2.40. The molecule has 3 N–H and O–H groups in total. The maximum atomic E-state index is 5.67. The summed E-state index contributed by atoms with van der Waals surface area (Å²) in [4.78, 5) is 0. The molecule has 1 aromatic rings. The van der Waals surface area contributed by atoms with Crippen molar-refractivity contribution < 1.29 is 4.74 Å². The lowest BCUT2D eigenvalue weighted by Gasteiger charge is -2.19. The van der Waals surface area contributed by atoms with Gasteiger partial charge in [-0.2, -0.15) is 5.10 Å². The number of hydrogen-bond acceptors (Lipinski definition) is 4. The van der Waals surface area contributed by atoms with E-state index in [0.717, 1.165) is 11.4 Å². The Morgan fingerprint density at radius 1 is 1.69 bits per heavy atom. The smallest absolute Gasteiger partial charge is 0.161 e. The van der Waals surface area contributed by atoms with E-state index < -0.39 is 0 Å². The molecule has 0 spiro atoms. The van der Waals surface area contributed by atoms with Crippen molar-refractivity contribution in [1.29, 1.82) is 0 Å². The highest BCUT2D eigenvalue weighted by atomic mass is 16.5. The molecular weight excluding hydrogens is 204 g/mol. The second-order valence-corrected chi connectivity index (χ2v) is 5.17. The van der Waals surface area contributed by atoms with Crippen molar-refractivity contribution in [2.75, 3.05) is 7.11 Å². The second kappa shape index (κ2) is 3.75. The van der Waals surface area contributed by atoms with Gasteiger partial charge in [0.15, 0.2) is 5.75 Å². The number of nitrogens with zero attached hydrogens (tertiary/aromatic N) is 2. The minimum atomic E-state index is 0.109. The third-order valence-electron chi connectivity index (χ3n) is 3.64. The molecule has 1 aliphatic rings. The third-order valence-corrected chi connectivity index (χ3v) is 3.64. The maximum absolute atomic E-state index is 5.67. The summed E-state index contributed by atoms with van der Waals surface area (Å²) in [5, 5.41) is 4.21. The Morgan fingerprint density at radius 3 is 2.75 bits per heavy atom. The zero-order valence-corrected chi connectivity index (χ0v) is 10.3. The largest absolute Gasteiger partial charge is 0.493 e. The number of methoxy groups -OCH3 is 1. The van der Waals surface area contributed by atoms with Gasteiger partial charge in [0.2, 0.25) is 0 Å². The molecule has 2 rings (SSSR count). The van der Waals surface area contributed by atoms with Crippen LogP contribution < -0.4 is 16.0 Å². The molecule has 2 atom stereocenters.